The Morgan fingerprint density at radius 2 is 2.33 bits per heavy atom. The minimum absolute atomic E-state index is 0.496. The molecule has 0 fully saturated rings. The maximum Gasteiger partial charge on any atom is 0.320 e. The molecule has 1 aliphatic heterocycles. The Bertz CT molecular complexity index is 205. The van der Waals surface area contributed by atoms with E-state index in [0.717, 1.165) is 11.5 Å². The number of aliphatic imine (C=N–C) groups is 1. The first-order chi connectivity index (χ1) is 5.88. The Labute approximate surface area is 72.4 Å². The molecule has 12 heavy (non-hydrogen) atoms. The van der Waals surface area contributed by atoms with Gasteiger partial charge in [0.25, 0.3) is 0 Å². The van der Waals surface area contributed by atoms with E-state index in [0.29, 0.717) is 13.2 Å². The molecular formula is C9H13NO2+. The zero-order chi connectivity index (χ0) is 8.81. The predicted octanol–water partition coefficient (Wildman–Crippen LogP) is 0.857. The Morgan fingerprint density at radius 3 is 3.00 bits per heavy atom. The van der Waals surface area contributed by atoms with Crippen LogP contribution in [-0.4, -0.2) is 26.0 Å². The average molecular weight is 167 g/mol. The third kappa shape index (κ3) is 2.20. The van der Waals surface area contributed by atoms with Gasteiger partial charge in [0, 0.05) is 13.2 Å². The summed E-state index contributed by atoms with van der Waals surface area (Å²) in [6.45, 7) is 3.10. The first-order valence-electron chi connectivity index (χ1n) is 3.94. The molecule has 3 heteroatoms. The zero-order valence-electron chi connectivity index (χ0n) is 7.41. The van der Waals surface area contributed by atoms with E-state index in [9.17, 15) is 0 Å². The average Bonchev–Trinajstić information content (AvgIpc) is 2.09. The third-order valence-corrected chi connectivity index (χ3v) is 1.43. The molecule has 0 aromatic rings. The maximum atomic E-state index is 5.35. The van der Waals surface area contributed by atoms with Crippen LogP contribution in [0.4, 0.5) is 0 Å². The summed E-state index contributed by atoms with van der Waals surface area (Å²) >= 11 is 0. The van der Waals surface area contributed by atoms with E-state index < -0.39 is 0 Å². The highest BCUT2D eigenvalue weighted by atomic mass is 16.5. The van der Waals surface area contributed by atoms with Crippen LogP contribution in [0.3, 0.4) is 0 Å². The summed E-state index contributed by atoms with van der Waals surface area (Å²) in [6, 6.07) is 0. The van der Waals surface area contributed by atoms with E-state index >= 15 is 0 Å². The molecule has 0 spiro atoms. The number of hydrogen-bond acceptors (Lipinski definition) is 3. The van der Waals surface area contributed by atoms with Crippen LogP contribution < -0.4 is 4.99 Å². The van der Waals surface area contributed by atoms with Crippen molar-refractivity contribution in [2.75, 3.05) is 20.3 Å². The second-order valence-electron chi connectivity index (χ2n) is 2.31. The first kappa shape index (κ1) is 9.00. The standard InChI is InChI=1S/C9H13NO2/c1-3-12-9-5-4-6-10-8(9)7-11-2/h4-6H,3,7H2,1-2H3/q+1. The molecule has 0 N–H and O–H groups in total. The number of allylic oxidation sites excluding steroid dienone is 2. The van der Waals surface area contributed by atoms with Crippen molar-refractivity contribution >= 4 is 5.71 Å². The number of ether oxygens (including phenoxy) is 2. The van der Waals surface area contributed by atoms with Crippen molar-refractivity contribution in [1.29, 1.82) is 0 Å². The highest BCUT2D eigenvalue weighted by molar-refractivity contribution is 5.99. The molecule has 0 saturated carbocycles. The lowest BCUT2D eigenvalue weighted by Gasteiger charge is -2.04. The molecule has 1 heterocycles. The smallest absolute Gasteiger partial charge is 0.320 e. The van der Waals surface area contributed by atoms with Gasteiger partial charge in [-0.25, -0.2) is 0 Å². The van der Waals surface area contributed by atoms with Crippen LogP contribution in [0.15, 0.2) is 24.1 Å². The van der Waals surface area contributed by atoms with Gasteiger partial charge in [-0.05, 0) is 13.0 Å². The van der Waals surface area contributed by atoms with E-state index in [4.69, 9.17) is 9.47 Å². The fourth-order valence-corrected chi connectivity index (χ4v) is 0.955. The van der Waals surface area contributed by atoms with Gasteiger partial charge in [0.1, 0.15) is 6.61 Å². The van der Waals surface area contributed by atoms with Gasteiger partial charge in [-0.15, -0.1) is 0 Å². The van der Waals surface area contributed by atoms with Gasteiger partial charge in [0.2, 0.25) is 6.20 Å². The number of rotatable bonds is 4. The van der Waals surface area contributed by atoms with Gasteiger partial charge in [-0.2, -0.15) is 0 Å². The van der Waals surface area contributed by atoms with E-state index in [1.807, 2.05) is 19.1 Å². The highest BCUT2D eigenvalue weighted by Gasteiger charge is 2.19. The largest absolute Gasteiger partial charge is 0.487 e. The molecule has 1 rings (SSSR count). The molecule has 0 aliphatic carbocycles. The van der Waals surface area contributed by atoms with Gasteiger partial charge in [-0.3, -0.25) is 0 Å². The van der Waals surface area contributed by atoms with Gasteiger partial charge < -0.3 is 9.47 Å². The summed E-state index contributed by atoms with van der Waals surface area (Å²) in [4.78, 5) is 4.14. The van der Waals surface area contributed by atoms with Crippen LogP contribution in [0.2, 0.25) is 0 Å². The van der Waals surface area contributed by atoms with E-state index in [2.05, 4.69) is 4.99 Å². The van der Waals surface area contributed by atoms with Crippen molar-refractivity contribution in [3.63, 3.8) is 0 Å². The van der Waals surface area contributed by atoms with Crippen molar-refractivity contribution in [3.05, 3.63) is 24.1 Å². The Balaban J connectivity index is 2.64. The predicted molar refractivity (Wildman–Crippen MR) is 47.9 cm³/mol. The molecule has 0 atom stereocenters. The molecule has 0 aromatic carbocycles. The SMILES string of the molecule is CCOC1=CC=C[N+]=C1COC. The van der Waals surface area contributed by atoms with Gasteiger partial charge in [-0.1, -0.05) is 0 Å². The molecule has 0 saturated heterocycles. The lowest BCUT2D eigenvalue weighted by atomic mass is 10.2. The summed E-state index contributed by atoms with van der Waals surface area (Å²) in [6.07, 6.45) is 5.48. The Kier molecular flexibility index (Phi) is 3.54. The molecule has 3 nitrogen and oxygen atoms in total. The third-order valence-electron chi connectivity index (χ3n) is 1.43. The van der Waals surface area contributed by atoms with Crippen LogP contribution >= 0.6 is 0 Å². The van der Waals surface area contributed by atoms with Gasteiger partial charge in [0.05, 0.1) is 11.6 Å². The van der Waals surface area contributed by atoms with E-state index in [-0.39, 0.29) is 0 Å². The normalized spacial score (nSPS) is 15.5. The summed E-state index contributed by atoms with van der Waals surface area (Å²) in [5.74, 6) is 0.807. The molecule has 1 aliphatic rings. The molecule has 1 radical (unpaired) electrons. The quantitative estimate of drug-likeness (QED) is 0.622. The van der Waals surface area contributed by atoms with Crippen molar-refractivity contribution in [2.24, 2.45) is 0 Å². The number of hydrogen-bond donors (Lipinski definition) is 0. The lowest BCUT2D eigenvalue weighted by Crippen LogP contribution is -2.18. The topological polar surface area (TPSA) is 32.6 Å². The minimum Gasteiger partial charge on any atom is -0.487 e. The monoisotopic (exact) mass is 167 g/mol. The van der Waals surface area contributed by atoms with E-state index in [1.54, 1.807) is 13.3 Å². The van der Waals surface area contributed by atoms with Crippen molar-refractivity contribution < 1.29 is 9.47 Å². The summed E-state index contributed by atoms with van der Waals surface area (Å²) in [7, 11) is 1.64. The van der Waals surface area contributed by atoms with Gasteiger partial charge >= 0.3 is 5.71 Å². The van der Waals surface area contributed by atoms with Crippen molar-refractivity contribution in [2.45, 2.75) is 6.92 Å². The van der Waals surface area contributed by atoms with Crippen LogP contribution in [0.5, 0.6) is 0 Å². The molecule has 0 amide bonds. The van der Waals surface area contributed by atoms with Crippen LogP contribution in [0.25, 0.3) is 0 Å². The molecule has 0 bridgehead atoms. The summed E-state index contributed by atoms with van der Waals surface area (Å²) in [5.41, 5.74) is 0.849. The second kappa shape index (κ2) is 4.72. The van der Waals surface area contributed by atoms with Crippen molar-refractivity contribution in [3.8, 4) is 0 Å². The minimum atomic E-state index is 0.496. The second-order valence-corrected chi connectivity index (χ2v) is 2.31. The Morgan fingerprint density at radius 1 is 1.50 bits per heavy atom. The first-order valence-corrected chi connectivity index (χ1v) is 3.94. The lowest BCUT2D eigenvalue weighted by molar-refractivity contribution is 0.223. The number of nitrogens with zero attached hydrogens (tertiary/aromatic N) is 1. The van der Waals surface area contributed by atoms with Crippen LogP contribution in [0.1, 0.15) is 6.92 Å². The van der Waals surface area contributed by atoms with E-state index in [1.165, 1.54) is 0 Å². The molecule has 65 valence electrons. The number of methoxy groups -OCH3 is 1. The molecular weight excluding hydrogens is 154 g/mol. The molecule has 0 unspecified atom stereocenters. The van der Waals surface area contributed by atoms with Gasteiger partial charge in [0.15, 0.2) is 5.76 Å². The summed E-state index contributed by atoms with van der Waals surface area (Å²) < 4.78 is 10.3. The Hall–Kier alpha value is -1.09. The fourth-order valence-electron chi connectivity index (χ4n) is 0.955. The zero-order valence-corrected chi connectivity index (χ0v) is 7.41. The van der Waals surface area contributed by atoms with Crippen molar-refractivity contribution in [1.82, 2.24) is 4.99 Å². The summed E-state index contributed by atoms with van der Waals surface area (Å²) in [5, 5.41) is 0. The fraction of sp³-hybridized carbons (Fsp3) is 0.444. The maximum absolute atomic E-state index is 5.35. The molecule has 0 aromatic heterocycles. The van der Waals surface area contributed by atoms with Crippen LogP contribution in [-0.2, 0) is 9.47 Å². The van der Waals surface area contributed by atoms with Crippen LogP contribution in [0, 0.1) is 0 Å². The highest BCUT2D eigenvalue weighted by Crippen LogP contribution is 2.03.